The van der Waals surface area contributed by atoms with Crippen molar-refractivity contribution in [3.05, 3.63) is 35.9 Å². The van der Waals surface area contributed by atoms with Crippen molar-refractivity contribution in [2.24, 2.45) is 5.92 Å². The number of likely N-dealkylation sites (tertiary alicyclic amines) is 1. The minimum absolute atomic E-state index is 0.142. The molecule has 3 rings (SSSR count). The molecule has 2 fully saturated rings. The molecule has 1 aromatic carbocycles. The SMILES string of the molecule is CC(CSC(=O)c1ccccc1)C(=O)[N+]1(C(=O)[C@@H]2CCCN2)CCC[C@H]1C(=O)O. The first-order chi connectivity index (χ1) is 13.9. The molecule has 2 heterocycles. The first-order valence-electron chi connectivity index (χ1n) is 10.0. The Labute approximate surface area is 174 Å². The lowest BCUT2D eigenvalue weighted by Crippen LogP contribution is -2.67. The summed E-state index contributed by atoms with van der Waals surface area (Å²) in [7, 11) is 0. The van der Waals surface area contributed by atoms with E-state index in [1.54, 1.807) is 31.2 Å². The normalized spacial score (nSPS) is 27.5. The highest BCUT2D eigenvalue weighted by molar-refractivity contribution is 8.14. The number of quaternary nitrogens is 1. The largest absolute Gasteiger partial charge is 0.477 e. The van der Waals surface area contributed by atoms with Gasteiger partial charge in [-0.1, -0.05) is 42.1 Å². The van der Waals surface area contributed by atoms with Crippen LogP contribution in [0.5, 0.6) is 0 Å². The van der Waals surface area contributed by atoms with Gasteiger partial charge in [0.1, 0.15) is 6.04 Å². The molecule has 2 N–H and O–H groups in total. The third-order valence-corrected chi connectivity index (χ3v) is 7.01. The smallest absolute Gasteiger partial charge is 0.363 e. The average molecular weight is 420 g/mol. The van der Waals surface area contributed by atoms with Crippen molar-refractivity contribution in [1.29, 1.82) is 0 Å². The highest BCUT2D eigenvalue weighted by atomic mass is 32.2. The van der Waals surface area contributed by atoms with E-state index in [1.165, 1.54) is 0 Å². The van der Waals surface area contributed by atoms with Gasteiger partial charge in [0.2, 0.25) is 11.2 Å². The molecule has 0 radical (unpaired) electrons. The summed E-state index contributed by atoms with van der Waals surface area (Å²) in [6, 6.07) is 7.27. The zero-order valence-corrected chi connectivity index (χ0v) is 17.3. The van der Waals surface area contributed by atoms with Crippen molar-refractivity contribution in [1.82, 2.24) is 5.32 Å². The van der Waals surface area contributed by atoms with Crippen molar-refractivity contribution < 1.29 is 28.8 Å². The molecule has 1 aromatic rings. The molecule has 29 heavy (non-hydrogen) atoms. The number of amides is 2. The fraction of sp³-hybridized carbons (Fsp3) is 0.524. The van der Waals surface area contributed by atoms with Gasteiger partial charge in [-0.3, -0.25) is 4.79 Å². The van der Waals surface area contributed by atoms with Crippen LogP contribution in [-0.2, 0) is 14.4 Å². The Morgan fingerprint density at radius 3 is 2.52 bits per heavy atom. The summed E-state index contributed by atoms with van der Waals surface area (Å²) in [4.78, 5) is 51.1. The summed E-state index contributed by atoms with van der Waals surface area (Å²) >= 11 is 1.03. The number of hydrogen-bond acceptors (Lipinski definition) is 6. The van der Waals surface area contributed by atoms with Crippen molar-refractivity contribution in [2.75, 3.05) is 18.8 Å². The summed E-state index contributed by atoms with van der Waals surface area (Å²) in [6.07, 6.45) is 2.28. The van der Waals surface area contributed by atoms with Gasteiger partial charge < -0.3 is 10.4 Å². The monoisotopic (exact) mass is 419 g/mol. The van der Waals surface area contributed by atoms with Crippen LogP contribution in [0, 0.1) is 5.92 Å². The molecule has 2 unspecified atom stereocenters. The molecular formula is C21H27N2O5S+. The first-order valence-corrected chi connectivity index (χ1v) is 11.0. The maximum Gasteiger partial charge on any atom is 0.363 e. The number of carboxylic acid groups (broad SMARTS) is 1. The Hall–Kier alpha value is -2.03. The van der Waals surface area contributed by atoms with E-state index in [-0.39, 0.29) is 29.2 Å². The standard InChI is InChI=1S/C21H26N2O5S/c1-14(13-29-21(28)15-7-3-2-4-8-15)18(24)23(12-6-10-17(23)20(26)27)19(25)16-9-5-11-22-16/h2-4,7-8,14,16-17,22H,5-6,9-13H2,1H3/p+1/t14?,16-,17-,23?/m0/s1. The van der Waals surface area contributed by atoms with Crippen molar-refractivity contribution in [2.45, 2.75) is 44.7 Å². The van der Waals surface area contributed by atoms with E-state index in [1.807, 2.05) is 6.07 Å². The highest BCUT2D eigenvalue weighted by Crippen LogP contribution is 2.34. The van der Waals surface area contributed by atoms with E-state index in [0.717, 1.165) is 18.2 Å². The molecule has 0 bridgehead atoms. The van der Waals surface area contributed by atoms with Crippen LogP contribution in [-0.4, -0.2) is 63.4 Å². The Kier molecular flexibility index (Phi) is 6.87. The lowest BCUT2D eigenvalue weighted by molar-refractivity contribution is -0.785. The van der Waals surface area contributed by atoms with Crippen LogP contribution in [0.25, 0.3) is 0 Å². The minimum Gasteiger partial charge on any atom is -0.477 e. The number of imide groups is 1. The third-order valence-electron chi connectivity index (χ3n) is 5.85. The molecule has 2 amide bonds. The summed E-state index contributed by atoms with van der Waals surface area (Å²) in [5, 5.41) is 12.7. The number of carboxylic acids is 1. The second-order valence-electron chi connectivity index (χ2n) is 7.78. The maximum atomic E-state index is 13.5. The zero-order valence-electron chi connectivity index (χ0n) is 16.5. The number of nitrogens with one attached hydrogen (secondary N) is 1. The molecule has 0 saturated carbocycles. The second-order valence-corrected chi connectivity index (χ2v) is 8.77. The summed E-state index contributed by atoms with van der Waals surface area (Å²) in [6.45, 7) is 2.59. The van der Waals surface area contributed by atoms with Gasteiger partial charge >= 0.3 is 17.8 Å². The molecule has 2 aliphatic heterocycles. The lowest BCUT2D eigenvalue weighted by atomic mass is 10.0. The van der Waals surface area contributed by atoms with E-state index in [2.05, 4.69) is 5.32 Å². The molecule has 8 heteroatoms. The highest BCUT2D eigenvalue weighted by Gasteiger charge is 2.60. The van der Waals surface area contributed by atoms with Crippen LogP contribution < -0.4 is 5.32 Å². The number of benzene rings is 1. The molecule has 2 saturated heterocycles. The van der Waals surface area contributed by atoms with Crippen molar-refractivity contribution in [3.8, 4) is 0 Å². The molecular weight excluding hydrogens is 392 g/mol. The summed E-state index contributed by atoms with van der Waals surface area (Å²) in [5.74, 6) is -2.23. The van der Waals surface area contributed by atoms with Crippen LogP contribution in [0.4, 0.5) is 0 Å². The number of carbonyl (C=O) groups excluding carboxylic acids is 3. The van der Waals surface area contributed by atoms with Gasteiger partial charge in [0, 0.05) is 24.2 Å². The zero-order chi connectivity index (χ0) is 21.0. The topological polar surface area (TPSA) is 101 Å². The Balaban J connectivity index is 1.78. The van der Waals surface area contributed by atoms with Crippen LogP contribution >= 0.6 is 11.8 Å². The number of thioether (sulfide) groups is 1. The predicted molar refractivity (Wildman–Crippen MR) is 109 cm³/mol. The summed E-state index contributed by atoms with van der Waals surface area (Å²) < 4.78 is -0.631. The molecule has 2 aliphatic rings. The molecule has 7 nitrogen and oxygen atoms in total. The predicted octanol–water partition coefficient (Wildman–Crippen LogP) is 2.07. The van der Waals surface area contributed by atoms with Crippen LogP contribution in [0.15, 0.2) is 30.3 Å². The van der Waals surface area contributed by atoms with E-state index >= 15 is 0 Å². The maximum absolute atomic E-state index is 13.5. The van der Waals surface area contributed by atoms with E-state index in [0.29, 0.717) is 31.4 Å². The van der Waals surface area contributed by atoms with Gasteiger partial charge in [0.15, 0.2) is 0 Å². The number of nitrogens with zero attached hydrogens (tertiary/aromatic N) is 1. The van der Waals surface area contributed by atoms with Crippen LogP contribution in [0.1, 0.15) is 43.0 Å². The minimum atomic E-state index is -1.11. The van der Waals surface area contributed by atoms with Crippen LogP contribution in [0.2, 0.25) is 0 Å². The second kappa shape index (κ2) is 9.19. The number of aliphatic carboxylic acids is 1. The van der Waals surface area contributed by atoms with Gasteiger partial charge in [-0.15, -0.1) is 0 Å². The Bertz CT molecular complexity index is 794. The fourth-order valence-electron chi connectivity index (χ4n) is 4.35. The van der Waals surface area contributed by atoms with Crippen molar-refractivity contribution in [3.63, 3.8) is 0 Å². The van der Waals surface area contributed by atoms with Crippen LogP contribution in [0.3, 0.4) is 0 Å². The van der Waals surface area contributed by atoms with Gasteiger partial charge in [0.25, 0.3) is 0 Å². The molecule has 0 aliphatic carbocycles. The van der Waals surface area contributed by atoms with Gasteiger partial charge in [-0.25, -0.2) is 14.4 Å². The van der Waals surface area contributed by atoms with E-state index in [9.17, 15) is 24.3 Å². The Morgan fingerprint density at radius 2 is 1.90 bits per heavy atom. The van der Waals surface area contributed by atoms with Gasteiger partial charge in [-0.05, 0) is 26.3 Å². The first kappa shape index (κ1) is 21.7. The van der Waals surface area contributed by atoms with Gasteiger partial charge in [0.05, 0.1) is 12.5 Å². The third kappa shape index (κ3) is 4.29. The lowest BCUT2D eigenvalue weighted by Gasteiger charge is -2.36. The summed E-state index contributed by atoms with van der Waals surface area (Å²) in [5.41, 5.74) is 0.553. The number of carbonyl (C=O) groups is 4. The number of rotatable bonds is 6. The van der Waals surface area contributed by atoms with E-state index in [4.69, 9.17) is 0 Å². The molecule has 0 spiro atoms. The van der Waals surface area contributed by atoms with Crippen molar-refractivity contribution >= 4 is 34.7 Å². The molecule has 156 valence electrons. The number of hydrogen-bond donors (Lipinski definition) is 2. The molecule has 0 aromatic heterocycles. The molecule has 4 atom stereocenters. The Morgan fingerprint density at radius 1 is 1.17 bits per heavy atom. The van der Waals surface area contributed by atoms with Gasteiger partial charge in [-0.2, -0.15) is 4.48 Å². The average Bonchev–Trinajstić information content (AvgIpc) is 3.42. The fourth-order valence-corrected chi connectivity index (χ4v) is 5.20. The van der Waals surface area contributed by atoms with E-state index < -0.39 is 28.5 Å². The quantitative estimate of drug-likeness (QED) is 0.681.